The molecule has 0 heterocycles. The second kappa shape index (κ2) is 14.1. The summed E-state index contributed by atoms with van der Waals surface area (Å²) >= 11 is 0. The Bertz CT molecular complexity index is 1160. The molecule has 0 aromatic heterocycles. The lowest BCUT2D eigenvalue weighted by Crippen LogP contribution is -2.47. The molecule has 0 bridgehead atoms. The van der Waals surface area contributed by atoms with Crippen molar-refractivity contribution < 1.29 is 19.1 Å². The van der Waals surface area contributed by atoms with E-state index >= 15 is 0 Å². The van der Waals surface area contributed by atoms with E-state index < -0.39 is 29.8 Å². The molecule has 3 rings (SSSR count). The van der Waals surface area contributed by atoms with Gasteiger partial charge in [0, 0.05) is 24.6 Å². The number of nitrogens with one attached hydrogen (secondary N) is 1. The topological polar surface area (TPSA) is 90.6 Å². The highest BCUT2D eigenvalue weighted by Gasteiger charge is 2.28. The van der Waals surface area contributed by atoms with Gasteiger partial charge in [-0.1, -0.05) is 91.0 Å². The van der Waals surface area contributed by atoms with E-state index in [2.05, 4.69) is 5.32 Å². The number of hydrogen-bond donors (Lipinski definition) is 2. The number of esters is 1. The first-order valence-electron chi connectivity index (χ1n) is 12.9. The summed E-state index contributed by atoms with van der Waals surface area (Å²) in [7, 11) is 0. The van der Waals surface area contributed by atoms with E-state index in [1.54, 1.807) is 6.08 Å². The molecule has 0 saturated heterocycles. The van der Waals surface area contributed by atoms with E-state index in [4.69, 9.17) is 15.2 Å². The van der Waals surface area contributed by atoms with Crippen molar-refractivity contribution in [2.24, 2.45) is 5.73 Å². The number of rotatable bonds is 11. The number of hydrogen-bond acceptors (Lipinski definition) is 5. The van der Waals surface area contributed by atoms with Gasteiger partial charge in [0.05, 0.1) is 0 Å². The van der Waals surface area contributed by atoms with E-state index in [9.17, 15) is 9.59 Å². The predicted octanol–water partition coefficient (Wildman–Crippen LogP) is 5.71. The summed E-state index contributed by atoms with van der Waals surface area (Å²) in [5.74, 6) is -0.488. The van der Waals surface area contributed by atoms with Gasteiger partial charge in [0.25, 0.3) is 0 Å². The Morgan fingerprint density at radius 1 is 0.842 bits per heavy atom. The van der Waals surface area contributed by atoms with Crippen molar-refractivity contribution in [2.75, 3.05) is 0 Å². The van der Waals surface area contributed by atoms with E-state index in [1.807, 2.05) is 112 Å². The summed E-state index contributed by atoms with van der Waals surface area (Å²) < 4.78 is 11.4. The van der Waals surface area contributed by atoms with Gasteiger partial charge in [-0.15, -0.1) is 0 Å². The smallest absolute Gasteiger partial charge is 0.407 e. The van der Waals surface area contributed by atoms with Crippen LogP contribution in [0.2, 0.25) is 0 Å². The molecule has 6 nitrogen and oxygen atoms in total. The van der Waals surface area contributed by atoms with Gasteiger partial charge in [-0.05, 0) is 56.4 Å². The van der Waals surface area contributed by atoms with Gasteiger partial charge in [-0.25, -0.2) is 9.59 Å². The largest absolute Gasteiger partial charge is 0.457 e. The van der Waals surface area contributed by atoms with Crippen LogP contribution in [0.3, 0.4) is 0 Å². The first kappa shape index (κ1) is 28.7. The maximum absolute atomic E-state index is 12.9. The van der Waals surface area contributed by atoms with Crippen LogP contribution in [0, 0.1) is 0 Å². The lowest BCUT2D eigenvalue weighted by Gasteiger charge is -2.29. The Balaban J connectivity index is 1.80. The van der Waals surface area contributed by atoms with Crippen LogP contribution in [0.1, 0.15) is 43.9 Å². The van der Waals surface area contributed by atoms with E-state index in [0.29, 0.717) is 19.3 Å². The summed E-state index contributed by atoms with van der Waals surface area (Å²) in [6, 6.07) is 28.4. The summed E-state index contributed by atoms with van der Waals surface area (Å²) in [6.07, 6.45) is 3.33. The number of alkyl carbamates (subject to hydrolysis) is 1. The standard InChI is InChI=1S/C32H38N2O4/c1-32(2,3)38-31(36)34-27(21-25-15-9-5-10-16-25)23-29(28(33)22-26-17-11-6-12-18-26)37-30(35)20-19-24-13-7-4-8-14-24/h4-20,27-29H,21-23,33H2,1-3H3,(H,34,36)/b20-19+. The fourth-order valence-electron chi connectivity index (χ4n) is 4.09. The van der Waals surface area contributed by atoms with Crippen molar-refractivity contribution in [1.29, 1.82) is 0 Å². The molecule has 0 aliphatic rings. The van der Waals surface area contributed by atoms with Gasteiger partial charge in [0.1, 0.15) is 11.7 Å². The second-order valence-corrected chi connectivity index (χ2v) is 10.3. The van der Waals surface area contributed by atoms with Crippen LogP contribution < -0.4 is 11.1 Å². The van der Waals surface area contributed by atoms with Gasteiger partial charge >= 0.3 is 12.1 Å². The third-order valence-corrected chi connectivity index (χ3v) is 5.83. The molecule has 3 atom stereocenters. The lowest BCUT2D eigenvalue weighted by atomic mass is 9.94. The third kappa shape index (κ3) is 10.6. The van der Waals surface area contributed by atoms with Crippen molar-refractivity contribution in [3.63, 3.8) is 0 Å². The third-order valence-electron chi connectivity index (χ3n) is 5.83. The number of amides is 1. The zero-order chi connectivity index (χ0) is 27.4. The Morgan fingerprint density at radius 3 is 1.92 bits per heavy atom. The molecule has 1 amide bonds. The molecule has 0 fully saturated rings. The zero-order valence-corrected chi connectivity index (χ0v) is 22.4. The molecule has 0 aliphatic heterocycles. The van der Waals surface area contributed by atoms with Crippen LogP contribution in [0.5, 0.6) is 0 Å². The summed E-state index contributed by atoms with van der Waals surface area (Å²) in [5, 5.41) is 2.98. The molecule has 3 N–H and O–H groups in total. The van der Waals surface area contributed by atoms with Gasteiger partial charge in [0.15, 0.2) is 0 Å². The molecule has 0 aliphatic carbocycles. The minimum atomic E-state index is -0.647. The molecule has 3 unspecified atom stereocenters. The molecule has 0 saturated carbocycles. The van der Waals surface area contributed by atoms with Gasteiger partial charge in [0.2, 0.25) is 0 Å². The van der Waals surface area contributed by atoms with Crippen LogP contribution in [-0.4, -0.2) is 35.9 Å². The Labute approximate surface area is 225 Å². The number of ether oxygens (including phenoxy) is 2. The molecular formula is C32H38N2O4. The van der Waals surface area contributed by atoms with Crippen molar-refractivity contribution in [3.05, 3.63) is 114 Å². The molecule has 200 valence electrons. The SMILES string of the molecule is CC(C)(C)OC(=O)NC(Cc1ccccc1)CC(OC(=O)/C=C/c1ccccc1)C(N)Cc1ccccc1. The molecule has 3 aromatic rings. The molecule has 38 heavy (non-hydrogen) atoms. The van der Waals surface area contributed by atoms with Crippen LogP contribution in [0.25, 0.3) is 6.08 Å². The minimum Gasteiger partial charge on any atom is -0.457 e. The quantitative estimate of drug-likeness (QED) is 0.253. The van der Waals surface area contributed by atoms with E-state index in [1.165, 1.54) is 6.08 Å². The fraction of sp³-hybridized carbons (Fsp3) is 0.312. The number of benzene rings is 3. The van der Waals surface area contributed by atoms with Crippen molar-refractivity contribution in [2.45, 2.75) is 63.8 Å². The van der Waals surface area contributed by atoms with Gasteiger partial charge in [-0.2, -0.15) is 0 Å². The summed E-state index contributed by atoms with van der Waals surface area (Å²) in [6.45, 7) is 5.45. The average Bonchev–Trinajstić information content (AvgIpc) is 2.87. The van der Waals surface area contributed by atoms with Gasteiger partial charge in [-0.3, -0.25) is 0 Å². The minimum absolute atomic E-state index is 0.326. The molecule has 6 heteroatoms. The Kier molecular flexibility index (Phi) is 10.7. The maximum Gasteiger partial charge on any atom is 0.407 e. The van der Waals surface area contributed by atoms with Crippen LogP contribution in [-0.2, 0) is 27.1 Å². The van der Waals surface area contributed by atoms with Crippen LogP contribution in [0.4, 0.5) is 4.79 Å². The van der Waals surface area contributed by atoms with Crippen molar-refractivity contribution >= 4 is 18.1 Å². The van der Waals surface area contributed by atoms with Crippen LogP contribution >= 0.6 is 0 Å². The zero-order valence-electron chi connectivity index (χ0n) is 22.4. The number of carbonyl (C=O) groups is 2. The maximum atomic E-state index is 12.9. The Morgan fingerprint density at radius 2 is 1.37 bits per heavy atom. The fourth-order valence-corrected chi connectivity index (χ4v) is 4.09. The second-order valence-electron chi connectivity index (χ2n) is 10.3. The van der Waals surface area contributed by atoms with E-state index in [-0.39, 0.29) is 6.04 Å². The summed E-state index contributed by atoms with van der Waals surface area (Å²) in [4.78, 5) is 25.6. The predicted molar refractivity (Wildman–Crippen MR) is 151 cm³/mol. The van der Waals surface area contributed by atoms with Crippen molar-refractivity contribution in [1.82, 2.24) is 5.32 Å². The highest BCUT2D eigenvalue weighted by molar-refractivity contribution is 5.87. The highest BCUT2D eigenvalue weighted by atomic mass is 16.6. The van der Waals surface area contributed by atoms with Crippen LogP contribution in [0.15, 0.2) is 97.1 Å². The first-order chi connectivity index (χ1) is 18.2. The number of nitrogens with two attached hydrogens (primary N) is 1. The first-order valence-corrected chi connectivity index (χ1v) is 12.9. The monoisotopic (exact) mass is 514 g/mol. The summed E-state index contributed by atoms with van der Waals surface area (Å²) in [5.41, 5.74) is 8.97. The van der Waals surface area contributed by atoms with Crippen molar-refractivity contribution in [3.8, 4) is 0 Å². The normalized spacial score (nSPS) is 13.9. The lowest BCUT2D eigenvalue weighted by molar-refractivity contribution is -0.144. The van der Waals surface area contributed by atoms with Gasteiger partial charge < -0.3 is 20.5 Å². The Hall–Kier alpha value is -3.90. The van der Waals surface area contributed by atoms with E-state index in [0.717, 1.165) is 16.7 Å². The molecule has 0 spiro atoms. The molecule has 3 aromatic carbocycles. The average molecular weight is 515 g/mol. The molecular weight excluding hydrogens is 476 g/mol. The number of carbonyl (C=O) groups excluding carboxylic acids is 2. The highest BCUT2D eigenvalue weighted by Crippen LogP contribution is 2.17. The molecule has 0 radical (unpaired) electrons.